The van der Waals surface area contributed by atoms with E-state index in [9.17, 15) is 40.9 Å². The van der Waals surface area contributed by atoms with Gasteiger partial charge in [0.15, 0.2) is 0 Å². The lowest BCUT2D eigenvalue weighted by Gasteiger charge is -2.16. The van der Waals surface area contributed by atoms with Gasteiger partial charge in [-0.2, -0.15) is 0 Å². The van der Waals surface area contributed by atoms with Gasteiger partial charge in [-0.25, -0.2) is 0 Å². The number of phenols is 8. The molecule has 0 saturated carbocycles. The Balaban J connectivity index is 0.000000206. The number of hydrogen-bond acceptors (Lipinski definition) is 8. The Hall–Kier alpha value is -7.84. The molecule has 8 aromatic carbocycles. The van der Waals surface area contributed by atoms with E-state index < -0.39 is 0 Å². The zero-order valence-corrected chi connectivity index (χ0v) is 41.4. The van der Waals surface area contributed by atoms with E-state index >= 15 is 0 Å². The largest absolute Gasteiger partial charge is 0.508 e. The van der Waals surface area contributed by atoms with E-state index in [1.54, 1.807) is 24.3 Å². The summed E-state index contributed by atoms with van der Waals surface area (Å²) < 4.78 is 0. The number of rotatable bonds is 12. The van der Waals surface area contributed by atoms with E-state index in [1.807, 2.05) is 152 Å². The molecular formula is C62H64O8. The lowest BCUT2D eigenvalue weighted by atomic mass is 9.92. The van der Waals surface area contributed by atoms with Crippen LogP contribution in [0.15, 0.2) is 121 Å². The molecule has 8 heteroatoms. The Morgan fingerprint density at radius 3 is 0.729 bits per heavy atom. The molecule has 0 heterocycles. The molecule has 360 valence electrons. The maximum absolute atomic E-state index is 11.1. The molecule has 8 nitrogen and oxygen atoms in total. The maximum Gasteiger partial charge on any atom is 0.122 e. The first-order valence-corrected chi connectivity index (χ1v) is 23.6. The normalized spacial score (nSPS) is 11.1. The molecule has 0 unspecified atom stereocenters. The fraction of sp³-hybridized carbons (Fsp3) is 0.226. The van der Waals surface area contributed by atoms with Crippen LogP contribution in [0.4, 0.5) is 0 Å². The summed E-state index contributed by atoms with van der Waals surface area (Å²) in [7, 11) is 0. The smallest absolute Gasteiger partial charge is 0.122 e. The molecule has 0 bridgehead atoms. The molecule has 0 saturated heterocycles. The monoisotopic (exact) mass is 936 g/mol. The molecule has 0 fully saturated rings. The average molecular weight is 937 g/mol. The van der Waals surface area contributed by atoms with Gasteiger partial charge in [-0.15, -0.1) is 0 Å². The summed E-state index contributed by atoms with van der Waals surface area (Å²) in [5.41, 5.74) is 17.3. The standard InChI is InChI=1S/2C31H32O4/c1-18-5-7-28(32)24(9-18)16-26-14-22(11-20(3)30(26)34)13-23-12-21(4)31(35)27(15-23)17-25-10-19(2)6-8-29(25)33;1-18-5-7-28(32)22(9-18)15-24-11-20(3)13-26(30(24)34)17-27-14-21(4)12-25(31(27)35)16-23-10-19(2)6-8-29(23)33/h5-12,14-15,32-35H,13,16-17H2,1-4H3;5-14,32-35H,15-17H2,1-4H3. The minimum Gasteiger partial charge on any atom is -0.508 e. The van der Waals surface area contributed by atoms with Crippen LogP contribution in [0.1, 0.15) is 111 Å². The van der Waals surface area contributed by atoms with Crippen molar-refractivity contribution in [1.82, 2.24) is 0 Å². The molecule has 0 aliphatic rings. The Morgan fingerprint density at radius 2 is 0.457 bits per heavy atom. The van der Waals surface area contributed by atoms with Crippen LogP contribution in [0.2, 0.25) is 0 Å². The van der Waals surface area contributed by atoms with Crippen molar-refractivity contribution in [3.63, 3.8) is 0 Å². The van der Waals surface area contributed by atoms with Gasteiger partial charge in [0.25, 0.3) is 0 Å². The average Bonchev–Trinajstić information content (AvgIpc) is 3.29. The second-order valence-electron chi connectivity index (χ2n) is 19.3. The fourth-order valence-corrected chi connectivity index (χ4v) is 9.43. The lowest BCUT2D eigenvalue weighted by Crippen LogP contribution is -2.00. The predicted molar refractivity (Wildman–Crippen MR) is 280 cm³/mol. The fourth-order valence-electron chi connectivity index (χ4n) is 9.43. The number of phenolic OH excluding ortho intramolecular Hbond substituents is 8. The van der Waals surface area contributed by atoms with E-state index in [0.717, 1.165) is 111 Å². The maximum atomic E-state index is 11.1. The van der Waals surface area contributed by atoms with E-state index in [2.05, 4.69) is 0 Å². The Kier molecular flexibility index (Phi) is 15.2. The molecule has 0 aromatic heterocycles. The van der Waals surface area contributed by atoms with Crippen LogP contribution in [0.5, 0.6) is 46.0 Å². The summed E-state index contributed by atoms with van der Waals surface area (Å²) in [6.45, 7) is 15.6. The Morgan fingerprint density at radius 1 is 0.229 bits per heavy atom. The highest BCUT2D eigenvalue weighted by Gasteiger charge is 2.18. The van der Waals surface area contributed by atoms with Crippen molar-refractivity contribution in [2.45, 2.75) is 93.9 Å². The number of benzene rings is 8. The number of aromatic hydroxyl groups is 8. The third-order valence-electron chi connectivity index (χ3n) is 13.0. The van der Waals surface area contributed by atoms with Gasteiger partial charge in [-0.1, -0.05) is 130 Å². The summed E-state index contributed by atoms with van der Waals surface area (Å²) in [5.74, 6) is 1.69. The van der Waals surface area contributed by atoms with Gasteiger partial charge in [0.2, 0.25) is 0 Å². The van der Waals surface area contributed by atoms with Crippen LogP contribution >= 0.6 is 0 Å². The van der Waals surface area contributed by atoms with Crippen molar-refractivity contribution in [3.8, 4) is 46.0 Å². The first-order chi connectivity index (χ1) is 33.2. The highest BCUT2D eigenvalue weighted by atomic mass is 16.3. The quantitative estimate of drug-likeness (QED) is 0.0600. The van der Waals surface area contributed by atoms with E-state index in [1.165, 1.54) is 0 Å². The predicted octanol–water partition coefficient (Wildman–Crippen LogP) is 13.0. The summed E-state index contributed by atoms with van der Waals surface area (Å²) in [6, 6.07) is 37.5. The first-order valence-electron chi connectivity index (χ1n) is 23.6. The molecular weight excluding hydrogens is 873 g/mol. The highest BCUT2D eigenvalue weighted by Crippen LogP contribution is 2.37. The molecule has 8 aromatic rings. The van der Waals surface area contributed by atoms with Gasteiger partial charge >= 0.3 is 0 Å². The van der Waals surface area contributed by atoms with Gasteiger partial charge in [0.05, 0.1) is 0 Å². The van der Waals surface area contributed by atoms with Crippen LogP contribution in [-0.2, 0) is 38.5 Å². The van der Waals surface area contributed by atoms with E-state index in [4.69, 9.17) is 0 Å². The van der Waals surface area contributed by atoms with Crippen molar-refractivity contribution in [2.75, 3.05) is 0 Å². The van der Waals surface area contributed by atoms with Gasteiger partial charge in [-0.3, -0.25) is 0 Å². The van der Waals surface area contributed by atoms with Crippen molar-refractivity contribution in [3.05, 3.63) is 233 Å². The summed E-state index contributed by atoms with van der Waals surface area (Å²) >= 11 is 0. The summed E-state index contributed by atoms with van der Waals surface area (Å²) in [6.07, 6.45) is 2.67. The molecule has 0 atom stereocenters. The van der Waals surface area contributed by atoms with Gasteiger partial charge in [0.1, 0.15) is 46.0 Å². The van der Waals surface area contributed by atoms with Crippen LogP contribution < -0.4 is 0 Å². The second-order valence-corrected chi connectivity index (χ2v) is 19.3. The van der Waals surface area contributed by atoms with Crippen molar-refractivity contribution >= 4 is 0 Å². The number of aryl methyl sites for hydroxylation is 8. The van der Waals surface area contributed by atoms with Gasteiger partial charge < -0.3 is 40.9 Å². The molecule has 0 amide bonds. The van der Waals surface area contributed by atoms with Crippen molar-refractivity contribution in [1.29, 1.82) is 0 Å². The SMILES string of the molecule is Cc1ccc(O)c(Cc2cc(C)cc(Cc3cc(C)cc(Cc4cc(C)ccc4O)c3O)c2O)c1.Cc1ccc(O)c(Cc2cc(Cc3cc(C)c(O)c(Cc4cc(C)ccc4O)c3)cc(C)c2O)c1. The van der Waals surface area contributed by atoms with Crippen LogP contribution in [0.3, 0.4) is 0 Å². The molecule has 0 aliphatic heterocycles. The minimum atomic E-state index is 0.176. The zero-order chi connectivity index (χ0) is 50.6. The number of hydrogen-bond donors (Lipinski definition) is 8. The first kappa shape index (κ1) is 50.0. The van der Waals surface area contributed by atoms with Crippen molar-refractivity contribution in [2.24, 2.45) is 0 Å². The molecule has 0 spiro atoms. The van der Waals surface area contributed by atoms with Crippen LogP contribution in [-0.4, -0.2) is 40.9 Å². The van der Waals surface area contributed by atoms with E-state index in [-0.39, 0.29) is 46.0 Å². The highest BCUT2D eigenvalue weighted by molar-refractivity contribution is 5.55. The summed E-state index contributed by atoms with van der Waals surface area (Å²) in [4.78, 5) is 0. The summed E-state index contributed by atoms with van der Waals surface area (Å²) in [5, 5.41) is 84.8. The minimum absolute atomic E-state index is 0.176. The zero-order valence-electron chi connectivity index (χ0n) is 41.4. The van der Waals surface area contributed by atoms with E-state index in [0.29, 0.717) is 38.5 Å². The second kappa shape index (κ2) is 21.2. The Labute approximate surface area is 411 Å². The molecule has 8 N–H and O–H groups in total. The van der Waals surface area contributed by atoms with Gasteiger partial charge in [0, 0.05) is 32.1 Å². The molecule has 0 radical (unpaired) electrons. The van der Waals surface area contributed by atoms with Crippen LogP contribution in [0, 0.1) is 55.4 Å². The molecule has 8 rings (SSSR count). The van der Waals surface area contributed by atoms with Crippen molar-refractivity contribution < 1.29 is 40.9 Å². The lowest BCUT2D eigenvalue weighted by molar-refractivity contribution is 0.454. The topological polar surface area (TPSA) is 162 Å². The Bertz CT molecular complexity index is 3020. The van der Waals surface area contributed by atoms with Crippen LogP contribution in [0.25, 0.3) is 0 Å². The molecule has 70 heavy (non-hydrogen) atoms. The molecule has 0 aliphatic carbocycles. The third-order valence-corrected chi connectivity index (χ3v) is 13.0. The third kappa shape index (κ3) is 12.1. The van der Waals surface area contributed by atoms with Gasteiger partial charge in [-0.05, 0) is 164 Å².